The summed E-state index contributed by atoms with van der Waals surface area (Å²) >= 11 is 0. The van der Waals surface area contributed by atoms with Gasteiger partial charge in [-0.1, -0.05) is 18.2 Å². The smallest absolute Gasteiger partial charge is 0.264 e. The van der Waals surface area contributed by atoms with Crippen LogP contribution in [-0.4, -0.2) is 62.1 Å². The number of nitrogens with zero attached hydrogens (tertiary/aromatic N) is 1. The average Bonchev–Trinajstić information content (AvgIpc) is 3.09. The van der Waals surface area contributed by atoms with E-state index < -0.39 is 20.7 Å². The maximum atomic E-state index is 12.7. The van der Waals surface area contributed by atoms with Crippen LogP contribution in [0.4, 0.5) is 0 Å². The van der Waals surface area contributed by atoms with Crippen molar-refractivity contribution in [3.05, 3.63) is 29.8 Å². The molecule has 1 spiro atoms. The lowest BCUT2D eigenvalue weighted by Crippen LogP contribution is -2.70. The molecule has 2 saturated heterocycles. The molecule has 0 saturated carbocycles. The van der Waals surface area contributed by atoms with E-state index in [2.05, 4.69) is 0 Å². The van der Waals surface area contributed by atoms with Gasteiger partial charge in [0.1, 0.15) is 10.5 Å². The second kappa shape index (κ2) is 5.99. The van der Waals surface area contributed by atoms with E-state index in [1.54, 1.807) is 4.90 Å². The van der Waals surface area contributed by atoms with Gasteiger partial charge in [0, 0.05) is 32.0 Å². The summed E-state index contributed by atoms with van der Waals surface area (Å²) in [6, 6.07) is 7.63. The van der Waals surface area contributed by atoms with Crippen LogP contribution >= 0.6 is 0 Å². The molecular formula is C18H23NO5S. The van der Waals surface area contributed by atoms with E-state index in [0.717, 1.165) is 11.3 Å². The molecule has 2 unspecified atom stereocenters. The third kappa shape index (κ3) is 2.56. The Hall–Kier alpha value is -1.60. The summed E-state index contributed by atoms with van der Waals surface area (Å²) in [5.74, 6) is 0.805. The lowest BCUT2D eigenvalue weighted by Gasteiger charge is -2.50. The van der Waals surface area contributed by atoms with Crippen LogP contribution < -0.4 is 4.74 Å². The minimum Gasteiger partial charge on any atom is -0.480 e. The maximum Gasteiger partial charge on any atom is 0.264 e. The van der Waals surface area contributed by atoms with Crippen molar-refractivity contribution in [2.75, 3.05) is 32.1 Å². The second-order valence-electron chi connectivity index (χ2n) is 7.14. The summed E-state index contributed by atoms with van der Waals surface area (Å²) in [4.78, 5) is 14.4. The van der Waals surface area contributed by atoms with Gasteiger partial charge in [0.15, 0.2) is 15.9 Å². The topological polar surface area (TPSA) is 72.9 Å². The molecule has 7 heteroatoms. The predicted molar refractivity (Wildman–Crippen MR) is 92.3 cm³/mol. The molecule has 3 aliphatic heterocycles. The van der Waals surface area contributed by atoms with Gasteiger partial charge >= 0.3 is 0 Å². The number of carbonyl (C=O) groups is 1. The Morgan fingerprint density at radius 1 is 1.36 bits per heavy atom. The van der Waals surface area contributed by atoms with Crippen LogP contribution in [0.1, 0.15) is 18.9 Å². The van der Waals surface area contributed by atoms with Crippen molar-refractivity contribution in [3.63, 3.8) is 0 Å². The number of rotatable bonds is 4. The lowest BCUT2D eigenvalue weighted by molar-refractivity contribution is -0.144. The van der Waals surface area contributed by atoms with Gasteiger partial charge in [-0.15, -0.1) is 0 Å². The normalized spacial score (nSPS) is 28.4. The Bertz CT molecular complexity index is 759. The molecule has 1 amide bonds. The molecule has 3 aliphatic rings. The molecule has 0 aromatic heterocycles. The maximum absolute atomic E-state index is 12.7. The van der Waals surface area contributed by atoms with Gasteiger partial charge in [-0.3, -0.25) is 4.79 Å². The van der Waals surface area contributed by atoms with Crippen molar-refractivity contribution < 1.29 is 22.7 Å². The summed E-state index contributed by atoms with van der Waals surface area (Å²) in [7, 11) is -3.19. The molecule has 0 radical (unpaired) electrons. The third-order valence-corrected chi connectivity index (χ3v) is 8.38. The molecule has 2 fully saturated rings. The van der Waals surface area contributed by atoms with Crippen LogP contribution in [0.2, 0.25) is 0 Å². The zero-order chi connectivity index (χ0) is 17.7. The minimum atomic E-state index is -3.19. The molecule has 1 aromatic rings. The van der Waals surface area contributed by atoms with E-state index in [-0.39, 0.29) is 30.7 Å². The number of para-hydroxylation sites is 1. The SMILES string of the molecule is CCOCC1CCS(=O)(=O)C12CN(C(=O)C1Cc3ccccc3O1)C2. The summed E-state index contributed by atoms with van der Waals surface area (Å²) in [6.07, 6.45) is 0.632. The molecule has 2 atom stereocenters. The van der Waals surface area contributed by atoms with Crippen molar-refractivity contribution in [3.8, 4) is 5.75 Å². The molecule has 25 heavy (non-hydrogen) atoms. The first-order valence-corrected chi connectivity index (χ1v) is 10.5. The van der Waals surface area contributed by atoms with E-state index >= 15 is 0 Å². The number of ether oxygens (including phenoxy) is 2. The van der Waals surface area contributed by atoms with Crippen molar-refractivity contribution in [2.45, 2.75) is 30.6 Å². The zero-order valence-corrected chi connectivity index (χ0v) is 15.1. The highest BCUT2D eigenvalue weighted by atomic mass is 32.2. The molecule has 0 N–H and O–H groups in total. The van der Waals surface area contributed by atoms with E-state index in [0.29, 0.717) is 26.1 Å². The van der Waals surface area contributed by atoms with E-state index in [1.165, 1.54) is 0 Å². The number of fused-ring (bicyclic) bond motifs is 1. The lowest BCUT2D eigenvalue weighted by atomic mass is 9.83. The first-order valence-electron chi connectivity index (χ1n) is 8.80. The number of benzene rings is 1. The number of likely N-dealkylation sites (tertiary alicyclic amines) is 1. The molecule has 4 rings (SSSR count). The Morgan fingerprint density at radius 3 is 2.84 bits per heavy atom. The summed E-state index contributed by atoms with van der Waals surface area (Å²) in [6.45, 7) is 3.46. The van der Waals surface area contributed by atoms with Gasteiger partial charge in [-0.05, 0) is 25.0 Å². The largest absolute Gasteiger partial charge is 0.480 e. The molecule has 3 heterocycles. The quantitative estimate of drug-likeness (QED) is 0.797. The number of amides is 1. The first-order chi connectivity index (χ1) is 12.0. The van der Waals surface area contributed by atoms with Crippen LogP contribution in [-0.2, 0) is 25.8 Å². The van der Waals surface area contributed by atoms with Crippen LogP contribution in [0.15, 0.2) is 24.3 Å². The Balaban J connectivity index is 1.45. The fourth-order valence-corrected chi connectivity index (χ4v) is 6.65. The van der Waals surface area contributed by atoms with E-state index in [1.807, 2.05) is 31.2 Å². The molecule has 136 valence electrons. The molecule has 0 aliphatic carbocycles. The molecule has 1 aromatic carbocycles. The standard InChI is InChI=1S/C18H23NO5S/c1-2-23-10-14-7-8-25(21,22)18(14)11-19(12-18)17(20)16-9-13-5-3-4-6-15(13)24-16/h3-6,14,16H,2,7-12H2,1H3. The van der Waals surface area contributed by atoms with E-state index in [9.17, 15) is 13.2 Å². The monoisotopic (exact) mass is 365 g/mol. The number of carbonyl (C=O) groups excluding carboxylic acids is 1. The Labute approximate surface area is 148 Å². The van der Waals surface area contributed by atoms with Gasteiger partial charge in [-0.25, -0.2) is 8.42 Å². The van der Waals surface area contributed by atoms with Gasteiger partial charge in [-0.2, -0.15) is 0 Å². The first kappa shape index (κ1) is 16.8. The van der Waals surface area contributed by atoms with Crippen molar-refractivity contribution in [2.24, 2.45) is 5.92 Å². The number of hydrogen-bond donors (Lipinski definition) is 0. The van der Waals surface area contributed by atoms with E-state index in [4.69, 9.17) is 9.47 Å². The second-order valence-corrected chi connectivity index (χ2v) is 9.59. The van der Waals surface area contributed by atoms with Crippen molar-refractivity contribution in [1.29, 1.82) is 0 Å². The fourth-order valence-electron chi connectivity index (χ4n) is 4.25. The molecule has 0 bridgehead atoms. The highest BCUT2D eigenvalue weighted by molar-refractivity contribution is 7.93. The summed E-state index contributed by atoms with van der Waals surface area (Å²) in [5, 5.41) is 0. The van der Waals surface area contributed by atoms with Crippen molar-refractivity contribution >= 4 is 15.7 Å². The van der Waals surface area contributed by atoms with Crippen LogP contribution in [0.3, 0.4) is 0 Å². The highest BCUT2D eigenvalue weighted by Gasteiger charge is 2.63. The third-order valence-electron chi connectivity index (χ3n) is 5.77. The van der Waals surface area contributed by atoms with Crippen LogP contribution in [0.25, 0.3) is 0 Å². The minimum absolute atomic E-state index is 0.0248. The summed E-state index contributed by atoms with van der Waals surface area (Å²) in [5.41, 5.74) is 1.03. The fraction of sp³-hybridized carbons (Fsp3) is 0.611. The molecule has 6 nitrogen and oxygen atoms in total. The number of hydrogen-bond acceptors (Lipinski definition) is 5. The Kier molecular flexibility index (Phi) is 4.03. The average molecular weight is 365 g/mol. The van der Waals surface area contributed by atoms with Crippen molar-refractivity contribution in [1.82, 2.24) is 4.90 Å². The number of sulfone groups is 1. The zero-order valence-electron chi connectivity index (χ0n) is 14.3. The highest BCUT2D eigenvalue weighted by Crippen LogP contribution is 2.45. The Morgan fingerprint density at radius 2 is 2.12 bits per heavy atom. The van der Waals surface area contributed by atoms with Gasteiger partial charge < -0.3 is 14.4 Å². The van der Waals surface area contributed by atoms with Gasteiger partial charge in [0.05, 0.1) is 12.4 Å². The van der Waals surface area contributed by atoms with Crippen LogP contribution in [0, 0.1) is 5.92 Å². The molecular weight excluding hydrogens is 342 g/mol. The van der Waals surface area contributed by atoms with Gasteiger partial charge in [0.25, 0.3) is 5.91 Å². The van der Waals surface area contributed by atoms with Crippen LogP contribution in [0.5, 0.6) is 5.75 Å². The summed E-state index contributed by atoms with van der Waals surface area (Å²) < 4.78 is 35.6. The predicted octanol–water partition coefficient (Wildman–Crippen LogP) is 1.04. The van der Waals surface area contributed by atoms with Gasteiger partial charge in [0.2, 0.25) is 0 Å².